The molecule has 4 nitrogen and oxygen atoms in total. The fourth-order valence-corrected chi connectivity index (χ4v) is 1.81. The molecule has 0 heterocycles. The molecule has 18 heavy (non-hydrogen) atoms. The minimum absolute atomic E-state index is 0.0144. The van der Waals surface area contributed by atoms with Gasteiger partial charge in [-0.3, -0.25) is 10.1 Å². The van der Waals surface area contributed by atoms with Crippen LogP contribution >= 0.6 is 0 Å². The first-order chi connectivity index (χ1) is 8.45. The highest BCUT2D eigenvalue weighted by molar-refractivity contribution is 5.73. The molecule has 2 atom stereocenters. The molecule has 0 saturated heterocycles. The van der Waals surface area contributed by atoms with Gasteiger partial charge in [-0.25, -0.2) is 0 Å². The zero-order chi connectivity index (χ0) is 13.7. The average molecular weight is 251 g/mol. The number of rotatable bonds is 6. The van der Waals surface area contributed by atoms with E-state index < -0.39 is 12.0 Å². The Morgan fingerprint density at radius 3 is 2.17 bits per heavy atom. The number of carboxylic acid groups (broad SMARTS) is 1. The standard InChI is InChI=1S/C14H21NO3/c1-9(2)13(14(16)17)15-10(3)11-5-7-12(18-4)8-6-11/h5-10,13,15H,1-4H3,(H,16,17)/t10-,13?/m1/s1. The Morgan fingerprint density at radius 1 is 1.22 bits per heavy atom. The molecule has 100 valence electrons. The molecule has 0 radical (unpaired) electrons. The van der Waals surface area contributed by atoms with Crippen LogP contribution in [0.3, 0.4) is 0 Å². The van der Waals surface area contributed by atoms with Gasteiger partial charge >= 0.3 is 5.97 Å². The predicted octanol–water partition coefficient (Wildman–Crippen LogP) is 2.46. The van der Waals surface area contributed by atoms with Crippen molar-refractivity contribution in [1.29, 1.82) is 0 Å². The first kappa shape index (κ1) is 14.5. The summed E-state index contributed by atoms with van der Waals surface area (Å²) in [6.07, 6.45) is 0. The van der Waals surface area contributed by atoms with E-state index in [9.17, 15) is 4.79 Å². The third-order valence-corrected chi connectivity index (χ3v) is 2.98. The molecule has 0 spiro atoms. The van der Waals surface area contributed by atoms with Gasteiger partial charge in [0.05, 0.1) is 7.11 Å². The molecule has 0 fully saturated rings. The number of benzene rings is 1. The van der Waals surface area contributed by atoms with Crippen molar-refractivity contribution in [3.8, 4) is 5.75 Å². The molecule has 1 unspecified atom stereocenters. The monoisotopic (exact) mass is 251 g/mol. The molecule has 0 saturated carbocycles. The van der Waals surface area contributed by atoms with Crippen LogP contribution in [0.25, 0.3) is 0 Å². The first-order valence-corrected chi connectivity index (χ1v) is 6.08. The predicted molar refractivity (Wildman–Crippen MR) is 70.8 cm³/mol. The maximum Gasteiger partial charge on any atom is 0.320 e. The maximum absolute atomic E-state index is 11.1. The fourth-order valence-electron chi connectivity index (χ4n) is 1.81. The zero-order valence-corrected chi connectivity index (χ0v) is 11.3. The quantitative estimate of drug-likeness (QED) is 0.815. The molecule has 1 rings (SSSR count). The highest BCUT2D eigenvalue weighted by atomic mass is 16.5. The minimum atomic E-state index is -0.814. The lowest BCUT2D eigenvalue weighted by atomic mass is 10.0. The zero-order valence-electron chi connectivity index (χ0n) is 11.3. The van der Waals surface area contributed by atoms with Gasteiger partial charge in [0.2, 0.25) is 0 Å². The molecule has 0 aliphatic rings. The normalized spacial score (nSPS) is 14.3. The van der Waals surface area contributed by atoms with Crippen LogP contribution in [0, 0.1) is 5.92 Å². The summed E-state index contributed by atoms with van der Waals surface area (Å²) in [6.45, 7) is 5.75. The molecule has 2 N–H and O–H groups in total. The van der Waals surface area contributed by atoms with E-state index in [0.29, 0.717) is 0 Å². The summed E-state index contributed by atoms with van der Waals surface area (Å²) in [5.74, 6) is 0.0261. The van der Waals surface area contributed by atoms with Gasteiger partial charge in [-0.05, 0) is 30.5 Å². The summed E-state index contributed by atoms with van der Waals surface area (Å²) in [5, 5.41) is 12.3. The number of aliphatic carboxylic acids is 1. The molecule has 0 aliphatic carbocycles. The van der Waals surface area contributed by atoms with Crippen molar-refractivity contribution in [2.24, 2.45) is 5.92 Å². The van der Waals surface area contributed by atoms with Crippen molar-refractivity contribution in [3.63, 3.8) is 0 Å². The number of nitrogens with one attached hydrogen (secondary N) is 1. The summed E-state index contributed by atoms with van der Waals surface area (Å²) >= 11 is 0. The van der Waals surface area contributed by atoms with Crippen molar-refractivity contribution >= 4 is 5.97 Å². The van der Waals surface area contributed by atoms with E-state index in [2.05, 4.69) is 5.32 Å². The van der Waals surface area contributed by atoms with Gasteiger partial charge < -0.3 is 9.84 Å². The van der Waals surface area contributed by atoms with Crippen LogP contribution in [0.5, 0.6) is 5.75 Å². The summed E-state index contributed by atoms with van der Waals surface area (Å²) in [4.78, 5) is 11.1. The SMILES string of the molecule is COc1ccc([C@@H](C)NC(C(=O)O)C(C)C)cc1. The van der Waals surface area contributed by atoms with Crippen LogP contribution in [-0.4, -0.2) is 24.2 Å². The van der Waals surface area contributed by atoms with Crippen LogP contribution in [0.4, 0.5) is 0 Å². The highest BCUT2D eigenvalue weighted by Crippen LogP contribution is 2.18. The van der Waals surface area contributed by atoms with Crippen LogP contribution < -0.4 is 10.1 Å². The van der Waals surface area contributed by atoms with Crippen LogP contribution in [-0.2, 0) is 4.79 Å². The molecule has 4 heteroatoms. The molecule has 1 aromatic carbocycles. The molecule has 0 bridgehead atoms. The fraction of sp³-hybridized carbons (Fsp3) is 0.500. The van der Waals surface area contributed by atoms with Crippen LogP contribution in [0.15, 0.2) is 24.3 Å². The van der Waals surface area contributed by atoms with Crippen molar-refractivity contribution in [2.45, 2.75) is 32.9 Å². The molecule has 0 aromatic heterocycles. The van der Waals surface area contributed by atoms with E-state index in [-0.39, 0.29) is 12.0 Å². The first-order valence-electron chi connectivity index (χ1n) is 6.08. The van der Waals surface area contributed by atoms with E-state index in [4.69, 9.17) is 9.84 Å². The summed E-state index contributed by atoms with van der Waals surface area (Å²) in [7, 11) is 1.62. The number of carboxylic acids is 1. The van der Waals surface area contributed by atoms with Gasteiger partial charge in [0.1, 0.15) is 11.8 Å². The third kappa shape index (κ3) is 3.74. The van der Waals surface area contributed by atoms with Gasteiger partial charge in [-0.15, -0.1) is 0 Å². The Balaban J connectivity index is 2.73. The van der Waals surface area contributed by atoms with Gasteiger partial charge in [-0.1, -0.05) is 26.0 Å². The summed E-state index contributed by atoms with van der Waals surface area (Å²) in [5.41, 5.74) is 1.04. The lowest BCUT2D eigenvalue weighted by Crippen LogP contribution is -2.42. The summed E-state index contributed by atoms with van der Waals surface area (Å²) < 4.78 is 5.09. The largest absolute Gasteiger partial charge is 0.497 e. The van der Waals surface area contributed by atoms with Crippen molar-refractivity contribution in [3.05, 3.63) is 29.8 Å². The molecule has 0 aliphatic heterocycles. The summed E-state index contributed by atoms with van der Waals surface area (Å²) in [6, 6.07) is 7.07. The molecular weight excluding hydrogens is 230 g/mol. The molecule has 0 amide bonds. The Labute approximate surface area is 108 Å². The number of hydrogen-bond acceptors (Lipinski definition) is 3. The van der Waals surface area contributed by atoms with Crippen molar-refractivity contribution in [2.75, 3.05) is 7.11 Å². The highest BCUT2D eigenvalue weighted by Gasteiger charge is 2.23. The van der Waals surface area contributed by atoms with Crippen molar-refractivity contribution in [1.82, 2.24) is 5.32 Å². The van der Waals surface area contributed by atoms with Crippen molar-refractivity contribution < 1.29 is 14.6 Å². The molecule has 1 aromatic rings. The second kappa shape index (κ2) is 6.40. The lowest BCUT2D eigenvalue weighted by Gasteiger charge is -2.23. The van der Waals surface area contributed by atoms with Gasteiger partial charge in [0.15, 0.2) is 0 Å². The van der Waals surface area contributed by atoms with E-state index >= 15 is 0 Å². The smallest absolute Gasteiger partial charge is 0.320 e. The average Bonchev–Trinajstić information content (AvgIpc) is 2.35. The Morgan fingerprint density at radius 2 is 1.78 bits per heavy atom. The Hall–Kier alpha value is -1.55. The number of ether oxygens (including phenoxy) is 1. The van der Waals surface area contributed by atoms with E-state index in [1.807, 2.05) is 45.0 Å². The number of methoxy groups -OCH3 is 1. The lowest BCUT2D eigenvalue weighted by molar-refractivity contribution is -0.140. The number of hydrogen-bond donors (Lipinski definition) is 2. The number of carbonyl (C=O) groups is 1. The third-order valence-electron chi connectivity index (χ3n) is 2.98. The van der Waals surface area contributed by atoms with E-state index in [1.165, 1.54) is 0 Å². The second-order valence-corrected chi connectivity index (χ2v) is 4.72. The van der Waals surface area contributed by atoms with Gasteiger partial charge in [0.25, 0.3) is 0 Å². The Kier molecular flexibility index (Phi) is 5.16. The Bertz CT molecular complexity index is 387. The minimum Gasteiger partial charge on any atom is -0.497 e. The van der Waals surface area contributed by atoms with E-state index in [1.54, 1.807) is 7.11 Å². The van der Waals surface area contributed by atoms with E-state index in [0.717, 1.165) is 11.3 Å². The van der Waals surface area contributed by atoms with Crippen LogP contribution in [0.2, 0.25) is 0 Å². The van der Waals surface area contributed by atoms with Gasteiger partial charge in [-0.2, -0.15) is 0 Å². The maximum atomic E-state index is 11.1. The topological polar surface area (TPSA) is 58.6 Å². The second-order valence-electron chi connectivity index (χ2n) is 4.72. The van der Waals surface area contributed by atoms with Crippen LogP contribution in [0.1, 0.15) is 32.4 Å². The molecular formula is C14H21NO3. The van der Waals surface area contributed by atoms with Gasteiger partial charge in [0, 0.05) is 6.04 Å².